The van der Waals surface area contributed by atoms with Gasteiger partial charge in [0.2, 0.25) is 0 Å². The van der Waals surface area contributed by atoms with Gasteiger partial charge < -0.3 is 4.90 Å². The van der Waals surface area contributed by atoms with Crippen LogP contribution in [0.5, 0.6) is 0 Å². The minimum absolute atomic E-state index is 0.0814. The molecule has 2 atom stereocenters. The second-order valence-corrected chi connectivity index (χ2v) is 8.48. The van der Waals surface area contributed by atoms with Crippen LogP contribution >= 0.6 is 11.3 Å². The predicted octanol–water partition coefficient (Wildman–Crippen LogP) is 4.12. The molecule has 0 spiro atoms. The number of nitrogens with zero attached hydrogens (tertiary/aromatic N) is 4. The van der Waals surface area contributed by atoms with Gasteiger partial charge in [-0.3, -0.25) is 4.79 Å². The van der Waals surface area contributed by atoms with Gasteiger partial charge in [-0.1, -0.05) is 30.3 Å². The summed E-state index contributed by atoms with van der Waals surface area (Å²) in [6, 6.07) is 10.4. The first-order chi connectivity index (χ1) is 13.1. The first-order valence-electron chi connectivity index (χ1n) is 9.29. The van der Waals surface area contributed by atoms with Gasteiger partial charge in [-0.05, 0) is 26.7 Å². The third-order valence-corrected chi connectivity index (χ3v) is 6.62. The number of aromatic nitrogens is 3. The van der Waals surface area contributed by atoms with Gasteiger partial charge in [-0.15, -0.1) is 11.3 Å². The standard InChI is InChI=1S/C21H20N4OS/c1-12-19(27-13(2)23-12)21(26)25-15-8-9-18(25)16-11-22-20(24-17(16)10-15)14-6-4-3-5-7-14/h3-7,11,15,18H,8-10H2,1-2H3. The van der Waals surface area contributed by atoms with Crippen LogP contribution in [-0.4, -0.2) is 31.8 Å². The van der Waals surface area contributed by atoms with Crippen LogP contribution in [0.1, 0.15) is 50.5 Å². The van der Waals surface area contributed by atoms with Gasteiger partial charge in [0.25, 0.3) is 5.91 Å². The highest BCUT2D eigenvalue weighted by atomic mass is 32.1. The monoisotopic (exact) mass is 376 g/mol. The Kier molecular flexibility index (Phi) is 3.82. The third kappa shape index (κ3) is 2.67. The molecule has 2 bridgehead atoms. The Morgan fingerprint density at radius 2 is 1.96 bits per heavy atom. The van der Waals surface area contributed by atoms with E-state index in [0.717, 1.165) is 57.5 Å². The van der Waals surface area contributed by atoms with Crippen LogP contribution in [0.2, 0.25) is 0 Å². The molecule has 1 saturated heterocycles. The summed E-state index contributed by atoms with van der Waals surface area (Å²) >= 11 is 1.50. The molecule has 2 aliphatic heterocycles. The first kappa shape index (κ1) is 16.6. The quantitative estimate of drug-likeness (QED) is 0.675. The number of rotatable bonds is 2. The fourth-order valence-corrected chi connectivity index (χ4v) is 5.22. The van der Waals surface area contributed by atoms with Gasteiger partial charge in [0.05, 0.1) is 22.4 Å². The van der Waals surface area contributed by atoms with Crippen molar-refractivity contribution >= 4 is 17.2 Å². The fraction of sp³-hybridized carbons (Fsp3) is 0.333. The Morgan fingerprint density at radius 1 is 1.15 bits per heavy atom. The molecule has 2 aromatic heterocycles. The Balaban J connectivity index is 1.51. The molecular weight excluding hydrogens is 356 g/mol. The number of hydrogen-bond donors (Lipinski definition) is 0. The maximum Gasteiger partial charge on any atom is 0.266 e. The molecule has 2 aliphatic rings. The average Bonchev–Trinajstić information content (AvgIpc) is 3.19. The SMILES string of the molecule is Cc1nc(C)c(C(=O)N2C3CCC2c2cnc(-c4ccccc4)nc2C3)s1. The molecule has 0 saturated carbocycles. The maximum atomic E-state index is 13.2. The number of benzene rings is 1. The second kappa shape index (κ2) is 6.23. The van der Waals surface area contributed by atoms with Crippen molar-refractivity contribution in [3.05, 3.63) is 63.4 Å². The van der Waals surface area contributed by atoms with E-state index in [4.69, 9.17) is 4.98 Å². The lowest BCUT2D eigenvalue weighted by atomic mass is 9.98. The highest BCUT2D eigenvalue weighted by Gasteiger charge is 2.44. The van der Waals surface area contributed by atoms with Gasteiger partial charge in [-0.25, -0.2) is 15.0 Å². The smallest absolute Gasteiger partial charge is 0.266 e. The van der Waals surface area contributed by atoms with Gasteiger partial charge >= 0.3 is 0 Å². The van der Waals surface area contributed by atoms with E-state index in [-0.39, 0.29) is 18.0 Å². The zero-order valence-electron chi connectivity index (χ0n) is 15.3. The number of carbonyl (C=O) groups is 1. The molecule has 0 aliphatic carbocycles. The molecule has 5 rings (SSSR count). The summed E-state index contributed by atoms with van der Waals surface area (Å²) in [5, 5.41) is 0.941. The van der Waals surface area contributed by atoms with Gasteiger partial charge in [0.15, 0.2) is 5.82 Å². The van der Waals surface area contributed by atoms with E-state index in [9.17, 15) is 4.79 Å². The van der Waals surface area contributed by atoms with Crippen molar-refractivity contribution in [3.63, 3.8) is 0 Å². The van der Waals surface area contributed by atoms with E-state index in [1.54, 1.807) is 0 Å². The Hall–Kier alpha value is -2.60. The third-order valence-electron chi connectivity index (χ3n) is 5.55. The molecule has 27 heavy (non-hydrogen) atoms. The summed E-state index contributed by atoms with van der Waals surface area (Å²) in [5.74, 6) is 0.880. The van der Waals surface area contributed by atoms with Crippen molar-refractivity contribution in [3.8, 4) is 11.4 Å². The van der Waals surface area contributed by atoms with E-state index >= 15 is 0 Å². The van der Waals surface area contributed by atoms with Crippen molar-refractivity contribution in [1.29, 1.82) is 0 Å². The first-order valence-corrected chi connectivity index (χ1v) is 10.1. The minimum Gasteiger partial charge on any atom is -0.327 e. The molecule has 6 heteroatoms. The summed E-state index contributed by atoms with van der Waals surface area (Å²) < 4.78 is 0. The zero-order valence-corrected chi connectivity index (χ0v) is 16.2. The second-order valence-electron chi connectivity index (χ2n) is 7.27. The summed E-state index contributed by atoms with van der Waals surface area (Å²) in [7, 11) is 0. The van der Waals surface area contributed by atoms with Crippen molar-refractivity contribution in [2.45, 2.75) is 45.2 Å². The van der Waals surface area contributed by atoms with Crippen LogP contribution in [0.4, 0.5) is 0 Å². The lowest BCUT2D eigenvalue weighted by molar-refractivity contribution is 0.0648. The molecule has 136 valence electrons. The summed E-state index contributed by atoms with van der Waals surface area (Å²) in [6.45, 7) is 3.87. The number of aryl methyl sites for hydroxylation is 2. The van der Waals surface area contributed by atoms with Gasteiger partial charge in [0, 0.05) is 29.8 Å². The molecule has 4 heterocycles. The number of hydrogen-bond acceptors (Lipinski definition) is 5. The van der Waals surface area contributed by atoms with E-state index in [1.165, 1.54) is 11.3 Å². The lowest BCUT2D eigenvalue weighted by Crippen LogP contribution is -2.42. The van der Waals surface area contributed by atoms with Crippen LogP contribution in [0, 0.1) is 13.8 Å². The maximum absolute atomic E-state index is 13.2. The number of amides is 1. The summed E-state index contributed by atoms with van der Waals surface area (Å²) in [5.41, 5.74) is 4.07. The summed E-state index contributed by atoms with van der Waals surface area (Å²) in [6.07, 6.45) is 4.73. The molecule has 2 unspecified atom stereocenters. The van der Waals surface area contributed by atoms with Crippen LogP contribution in [0.15, 0.2) is 36.5 Å². The number of fused-ring (bicyclic) bond motifs is 4. The molecule has 0 N–H and O–H groups in total. The van der Waals surface area contributed by atoms with E-state index in [1.807, 2.05) is 50.4 Å². The average molecular weight is 376 g/mol. The summed E-state index contributed by atoms with van der Waals surface area (Å²) in [4.78, 5) is 30.0. The molecule has 1 fully saturated rings. The molecular formula is C21H20N4OS. The highest BCUT2D eigenvalue weighted by Crippen LogP contribution is 2.44. The lowest BCUT2D eigenvalue weighted by Gasteiger charge is -2.35. The highest BCUT2D eigenvalue weighted by molar-refractivity contribution is 7.13. The van der Waals surface area contributed by atoms with Crippen molar-refractivity contribution in [1.82, 2.24) is 19.9 Å². The Labute approximate surface area is 162 Å². The van der Waals surface area contributed by atoms with E-state index in [0.29, 0.717) is 0 Å². The Morgan fingerprint density at radius 3 is 2.70 bits per heavy atom. The topological polar surface area (TPSA) is 59.0 Å². The normalized spacial score (nSPS) is 20.6. The number of thiazole rings is 1. The molecule has 0 radical (unpaired) electrons. The minimum atomic E-state index is 0.0814. The van der Waals surface area contributed by atoms with E-state index < -0.39 is 0 Å². The predicted molar refractivity (Wildman–Crippen MR) is 105 cm³/mol. The van der Waals surface area contributed by atoms with Crippen LogP contribution < -0.4 is 0 Å². The van der Waals surface area contributed by atoms with Crippen molar-refractivity contribution in [2.75, 3.05) is 0 Å². The van der Waals surface area contributed by atoms with E-state index in [2.05, 4.69) is 14.9 Å². The van der Waals surface area contributed by atoms with Crippen molar-refractivity contribution in [2.24, 2.45) is 0 Å². The molecule has 1 aromatic carbocycles. The van der Waals surface area contributed by atoms with Gasteiger partial charge in [-0.2, -0.15) is 0 Å². The van der Waals surface area contributed by atoms with Gasteiger partial charge in [0.1, 0.15) is 4.88 Å². The Bertz CT molecular complexity index is 1030. The fourth-order valence-electron chi connectivity index (χ4n) is 4.36. The van der Waals surface area contributed by atoms with Crippen LogP contribution in [-0.2, 0) is 6.42 Å². The molecule has 3 aromatic rings. The largest absolute Gasteiger partial charge is 0.327 e. The van der Waals surface area contributed by atoms with Crippen LogP contribution in [0.25, 0.3) is 11.4 Å². The zero-order chi connectivity index (χ0) is 18.5. The van der Waals surface area contributed by atoms with Crippen molar-refractivity contribution < 1.29 is 4.79 Å². The molecule has 1 amide bonds. The number of carbonyl (C=O) groups excluding carboxylic acids is 1. The van der Waals surface area contributed by atoms with Crippen LogP contribution in [0.3, 0.4) is 0 Å². The molecule has 5 nitrogen and oxygen atoms in total.